The van der Waals surface area contributed by atoms with Gasteiger partial charge >= 0.3 is 0 Å². The predicted molar refractivity (Wildman–Crippen MR) is 136 cm³/mol. The molecule has 35 heavy (non-hydrogen) atoms. The van der Waals surface area contributed by atoms with E-state index < -0.39 is 0 Å². The summed E-state index contributed by atoms with van der Waals surface area (Å²) >= 11 is 0. The number of aromatic amines is 1. The minimum absolute atomic E-state index is 0.0395. The van der Waals surface area contributed by atoms with Gasteiger partial charge < -0.3 is 4.74 Å². The maximum Gasteiger partial charge on any atom is 0.183 e. The molecule has 5 aromatic rings. The van der Waals surface area contributed by atoms with E-state index in [0.29, 0.717) is 24.3 Å². The van der Waals surface area contributed by atoms with Crippen LogP contribution in [0.15, 0.2) is 72.9 Å². The molecule has 0 spiro atoms. The predicted octanol–water partition coefficient (Wildman–Crippen LogP) is 5.78. The first-order chi connectivity index (χ1) is 17.0. The Hall–Kier alpha value is -4.52. The van der Waals surface area contributed by atoms with Crippen LogP contribution < -0.4 is 4.74 Å². The van der Waals surface area contributed by atoms with E-state index in [1.165, 1.54) is 0 Å². The molecule has 0 unspecified atom stereocenters. The fourth-order valence-corrected chi connectivity index (χ4v) is 3.83. The monoisotopic (exact) mass is 463 g/mol. The van der Waals surface area contributed by atoms with Crippen molar-refractivity contribution in [2.75, 3.05) is 0 Å². The van der Waals surface area contributed by atoms with Gasteiger partial charge in [0.25, 0.3) is 0 Å². The standard InChI is InChI=1S/C28H25N5O2/c1-19-16-27(32-33(19)2)28(34)14-9-20-6-5-8-22(17-20)35-23-11-12-24-25(30-31-26(24)18-23)13-10-21-7-3-4-15-29-21/h3-8,10-13,15-18H,9,14H2,1-2H3,(H,30,31)/b13-10+. The first kappa shape index (κ1) is 22.3. The molecule has 0 aliphatic heterocycles. The number of nitrogens with zero attached hydrogens (tertiary/aromatic N) is 4. The Balaban J connectivity index is 1.25. The summed E-state index contributed by atoms with van der Waals surface area (Å²) in [4.78, 5) is 16.8. The Kier molecular flexibility index (Phi) is 6.22. The zero-order valence-electron chi connectivity index (χ0n) is 19.6. The molecule has 0 bridgehead atoms. The van der Waals surface area contributed by atoms with E-state index in [9.17, 15) is 4.79 Å². The summed E-state index contributed by atoms with van der Waals surface area (Å²) in [5.74, 6) is 1.47. The molecule has 0 aliphatic carbocycles. The van der Waals surface area contributed by atoms with Crippen LogP contribution in [0.3, 0.4) is 0 Å². The number of fused-ring (bicyclic) bond motifs is 1. The number of benzene rings is 2. The zero-order chi connectivity index (χ0) is 24.2. The van der Waals surface area contributed by atoms with Gasteiger partial charge in [-0.15, -0.1) is 0 Å². The number of Topliss-reactive ketones (excluding diaryl/α,β-unsaturated/α-hetero) is 1. The molecule has 3 aromatic heterocycles. The third kappa shape index (κ3) is 5.19. The molecule has 7 nitrogen and oxygen atoms in total. The van der Waals surface area contributed by atoms with E-state index in [-0.39, 0.29) is 5.78 Å². The summed E-state index contributed by atoms with van der Waals surface area (Å²) in [6.07, 6.45) is 6.66. The number of aryl methyl sites for hydroxylation is 3. The molecule has 3 heterocycles. The average molecular weight is 464 g/mol. The number of carbonyl (C=O) groups is 1. The van der Waals surface area contributed by atoms with Gasteiger partial charge in [0.15, 0.2) is 5.78 Å². The number of pyridine rings is 1. The summed E-state index contributed by atoms with van der Waals surface area (Å²) in [7, 11) is 1.84. The van der Waals surface area contributed by atoms with Crippen molar-refractivity contribution in [2.24, 2.45) is 7.05 Å². The molecule has 0 atom stereocenters. The number of hydrogen-bond donors (Lipinski definition) is 1. The number of carbonyl (C=O) groups excluding carboxylic acids is 1. The number of aromatic nitrogens is 5. The van der Waals surface area contributed by atoms with Gasteiger partial charge in [0.1, 0.15) is 17.2 Å². The molecular weight excluding hydrogens is 438 g/mol. The number of H-pyrrole nitrogens is 1. The Bertz CT molecular complexity index is 1500. The quantitative estimate of drug-likeness (QED) is 0.295. The maximum absolute atomic E-state index is 12.5. The Morgan fingerprint density at radius 3 is 2.71 bits per heavy atom. The number of ketones is 1. The highest BCUT2D eigenvalue weighted by atomic mass is 16.5. The summed E-state index contributed by atoms with van der Waals surface area (Å²) in [6.45, 7) is 1.94. The van der Waals surface area contributed by atoms with Crippen molar-refractivity contribution in [3.8, 4) is 11.5 Å². The Morgan fingerprint density at radius 1 is 1.03 bits per heavy atom. The van der Waals surface area contributed by atoms with E-state index in [1.54, 1.807) is 10.9 Å². The van der Waals surface area contributed by atoms with Crippen LogP contribution in [0.25, 0.3) is 23.1 Å². The van der Waals surface area contributed by atoms with E-state index >= 15 is 0 Å². The zero-order valence-corrected chi connectivity index (χ0v) is 19.6. The molecular formula is C28H25N5O2. The van der Waals surface area contributed by atoms with Gasteiger partial charge in [-0.2, -0.15) is 10.2 Å². The van der Waals surface area contributed by atoms with Gasteiger partial charge in [0.2, 0.25) is 0 Å². The van der Waals surface area contributed by atoms with Crippen molar-refractivity contribution in [1.82, 2.24) is 25.0 Å². The van der Waals surface area contributed by atoms with Crippen molar-refractivity contribution in [2.45, 2.75) is 19.8 Å². The van der Waals surface area contributed by atoms with Gasteiger partial charge in [-0.3, -0.25) is 19.6 Å². The fraction of sp³-hybridized carbons (Fsp3) is 0.143. The van der Waals surface area contributed by atoms with Crippen LogP contribution in [0, 0.1) is 6.92 Å². The number of rotatable bonds is 8. The summed E-state index contributed by atoms with van der Waals surface area (Å²) in [5.41, 5.74) is 5.12. The highest BCUT2D eigenvalue weighted by molar-refractivity contribution is 5.94. The topological polar surface area (TPSA) is 85.7 Å². The molecule has 1 N–H and O–H groups in total. The molecule has 0 amide bonds. The lowest BCUT2D eigenvalue weighted by molar-refractivity contribution is 0.0977. The highest BCUT2D eigenvalue weighted by Gasteiger charge is 2.12. The molecule has 0 radical (unpaired) electrons. The third-order valence-electron chi connectivity index (χ3n) is 5.84. The van der Waals surface area contributed by atoms with Crippen LogP contribution in [-0.2, 0) is 13.5 Å². The maximum atomic E-state index is 12.5. The van der Waals surface area contributed by atoms with Crippen molar-refractivity contribution in [3.05, 3.63) is 101 Å². The van der Waals surface area contributed by atoms with Crippen molar-refractivity contribution < 1.29 is 9.53 Å². The molecule has 5 rings (SSSR count). The van der Waals surface area contributed by atoms with Gasteiger partial charge in [-0.05, 0) is 73.5 Å². The number of nitrogens with one attached hydrogen (secondary N) is 1. The lowest BCUT2D eigenvalue weighted by Gasteiger charge is -2.08. The van der Waals surface area contributed by atoms with Crippen molar-refractivity contribution in [1.29, 1.82) is 0 Å². The van der Waals surface area contributed by atoms with E-state index in [0.717, 1.165) is 39.3 Å². The largest absolute Gasteiger partial charge is 0.457 e. The number of hydrogen-bond acceptors (Lipinski definition) is 5. The van der Waals surface area contributed by atoms with E-state index in [2.05, 4.69) is 20.3 Å². The molecule has 0 fully saturated rings. The molecule has 0 saturated carbocycles. The van der Waals surface area contributed by atoms with Crippen LogP contribution in [0.4, 0.5) is 0 Å². The third-order valence-corrected chi connectivity index (χ3v) is 5.84. The Morgan fingerprint density at radius 2 is 1.91 bits per heavy atom. The average Bonchev–Trinajstić information content (AvgIpc) is 3.44. The lowest BCUT2D eigenvalue weighted by Crippen LogP contribution is -2.03. The Labute approximate surface area is 203 Å². The van der Waals surface area contributed by atoms with Crippen LogP contribution in [0.1, 0.15) is 39.6 Å². The van der Waals surface area contributed by atoms with Gasteiger partial charge in [-0.25, -0.2) is 0 Å². The van der Waals surface area contributed by atoms with Crippen LogP contribution in [-0.4, -0.2) is 30.7 Å². The second-order valence-electron chi connectivity index (χ2n) is 8.37. The second kappa shape index (κ2) is 9.77. The molecule has 0 saturated heterocycles. The molecule has 0 aliphatic rings. The highest BCUT2D eigenvalue weighted by Crippen LogP contribution is 2.27. The van der Waals surface area contributed by atoms with Crippen LogP contribution in [0.5, 0.6) is 11.5 Å². The minimum Gasteiger partial charge on any atom is -0.457 e. The summed E-state index contributed by atoms with van der Waals surface area (Å²) in [5, 5.41) is 12.8. The first-order valence-corrected chi connectivity index (χ1v) is 11.4. The van der Waals surface area contributed by atoms with Gasteiger partial charge in [0.05, 0.1) is 16.9 Å². The lowest BCUT2D eigenvalue weighted by atomic mass is 10.1. The van der Waals surface area contributed by atoms with Gasteiger partial charge in [0, 0.05) is 36.8 Å². The van der Waals surface area contributed by atoms with Crippen molar-refractivity contribution in [3.63, 3.8) is 0 Å². The smallest absolute Gasteiger partial charge is 0.183 e. The normalized spacial score (nSPS) is 11.4. The van der Waals surface area contributed by atoms with E-state index in [4.69, 9.17) is 4.74 Å². The van der Waals surface area contributed by atoms with E-state index in [1.807, 2.05) is 92.9 Å². The van der Waals surface area contributed by atoms with Crippen molar-refractivity contribution >= 4 is 28.8 Å². The SMILES string of the molecule is Cc1cc(C(=O)CCc2cccc(Oc3ccc4c(/C=C/c5ccccn5)n[nH]c4c3)c2)nn1C. The molecule has 7 heteroatoms. The summed E-state index contributed by atoms with van der Waals surface area (Å²) in [6, 6.07) is 21.3. The molecule has 2 aromatic carbocycles. The number of ether oxygens (including phenoxy) is 1. The molecule has 174 valence electrons. The van der Waals surface area contributed by atoms with Gasteiger partial charge in [-0.1, -0.05) is 18.2 Å². The minimum atomic E-state index is 0.0395. The summed E-state index contributed by atoms with van der Waals surface area (Å²) < 4.78 is 7.82. The van der Waals surface area contributed by atoms with Crippen LogP contribution in [0.2, 0.25) is 0 Å². The fourth-order valence-electron chi connectivity index (χ4n) is 3.83. The second-order valence-corrected chi connectivity index (χ2v) is 8.37. The first-order valence-electron chi connectivity index (χ1n) is 11.4. The van der Waals surface area contributed by atoms with Crippen LogP contribution >= 0.6 is 0 Å².